The number of carbonyl (C=O) groups excluding carboxylic acids is 8. The number of allylic oxidation sites excluding steroid dienone is 12. The molecule has 5 N–H and O–H groups in total. The number of nitrogens with one attached hydrogen (secondary N) is 1. The largest absolute Gasteiger partial charge is 0.534 e. The van der Waals surface area contributed by atoms with Gasteiger partial charge in [-0.3, -0.25) is 38.4 Å². The quantitative estimate of drug-likeness (QED) is 0.0349. The number of halogens is 10. The lowest BCUT2D eigenvalue weighted by molar-refractivity contribution is -0.211. The number of alkyl halides is 9. The van der Waals surface area contributed by atoms with Crippen LogP contribution in [0.3, 0.4) is 0 Å². The highest BCUT2D eigenvalue weighted by atomic mass is 35.5. The maximum Gasteiger partial charge on any atom is 0.534 e. The Kier molecular flexibility index (Phi) is 24.4. The summed E-state index contributed by atoms with van der Waals surface area (Å²) in [5.41, 5.74) is -19.4. The SMILES string of the molecule is CC(=O)OCC(=O)[C@@]12CN(c3ccccc3)C[C@@H]1C[C@H]1[C@@H]3C[C@H](F)C4=CC(=O)C=C[C@]4(C)[C@@]3(F)[C@@H](O)C[C@@]12C.CC(=O)OCC(=O)[C@@]12CNC[C@@H]1C[C@H]1[C@@H]3C[C@H](F)C4=CC(=O)C=C[C@]4(C)[C@@]3(F)[C@@H](O)C[C@@]12C.C[C@]12C=CC(=O)C=C1[C@@H](F)C[C@H]1[C@@H]3C[C@H]4CN(c5ccccc5)C[C@@]4(C(=O)CO)[C@@]3(C)C[C@H](O)[C@@]12F.C[Si](C)(C)c1ccccc1OS(=O)(=O)C(F)(F)F.Cl. The molecule has 0 aromatic heterocycles. The third kappa shape index (κ3) is 13.8. The highest BCUT2D eigenvalue weighted by Gasteiger charge is 2.82. The lowest BCUT2D eigenvalue weighted by atomic mass is 9.43. The van der Waals surface area contributed by atoms with Crippen molar-refractivity contribution in [2.45, 2.75) is 192 Å². The maximum atomic E-state index is 17.6. The van der Waals surface area contributed by atoms with Crippen LogP contribution in [0.2, 0.25) is 19.6 Å². The van der Waals surface area contributed by atoms with Crippen LogP contribution < -0.4 is 24.5 Å². The van der Waals surface area contributed by atoms with Crippen molar-refractivity contribution in [2.24, 2.45) is 102 Å². The molecule has 20 nitrogen and oxygen atoms in total. The van der Waals surface area contributed by atoms with E-state index in [0.717, 1.165) is 11.4 Å². The molecule has 18 rings (SSSR count). The number of benzene rings is 3. The molecule has 12 aliphatic carbocycles. The lowest BCUT2D eigenvalue weighted by Crippen LogP contribution is -2.69. The van der Waals surface area contributed by atoms with Crippen molar-refractivity contribution >= 4 is 93.8 Å². The molecule has 12 fully saturated rings. The first-order valence-electron chi connectivity index (χ1n) is 43.5. The van der Waals surface area contributed by atoms with Crippen LogP contribution in [0.5, 0.6) is 5.75 Å². The van der Waals surface area contributed by atoms with Crippen LogP contribution in [0.4, 0.5) is 50.9 Å². The van der Waals surface area contributed by atoms with Crippen molar-refractivity contribution in [2.75, 3.05) is 68.9 Å². The molecule has 32 heteroatoms. The van der Waals surface area contributed by atoms with Crippen molar-refractivity contribution in [3.05, 3.63) is 156 Å². The zero-order valence-electron chi connectivity index (χ0n) is 72.9. The first-order chi connectivity index (χ1) is 58.8. The summed E-state index contributed by atoms with van der Waals surface area (Å²) in [7, 11) is -7.60. The Balaban J connectivity index is 0.000000141. The summed E-state index contributed by atoms with van der Waals surface area (Å²) in [4.78, 5) is 105. The average molecular weight is 1840 g/mol. The van der Waals surface area contributed by atoms with Crippen molar-refractivity contribution in [1.82, 2.24) is 5.32 Å². The minimum Gasteiger partial charge on any atom is -0.458 e. The van der Waals surface area contributed by atoms with Crippen LogP contribution in [0.1, 0.15) is 113 Å². The summed E-state index contributed by atoms with van der Waals surface area (Å²) in [6.07, 6.45) is 4.00. The molecule has 3 aromatic rings. The van der Waals surface area contributed by atoms with Crippen molar-refractivity contribution in [3.63, 3.8) is 0 Å². The number of hydrogen-bond donors (Lipinski definition) is 5. The molecule has 9 saturated carbocycles. The number of hydrogen-bond acceptors (Lipinski definition) is 20. The second-order valence-corrected chi connectivity index (χ2v) is 47.1. The van der Waals surface area contributed by atoms with Gasteiger partial charge in [-0.2, -0.15) is 21.6 Å². The van der Waals surface area contributed by atoms with Crippen LogP contribution in [0, 0.1) is 102 Å². The number of aliphatic hydroxyl groups is 4. The molecule has 0 radical (unpaired) electrons. The molecule has 690 valence electrons. The summed E-state index contributed by atoms with van der Waals surface area (Å²) in [5.74, 6) is -7.18. The fraction of sp³-hybridized carbons (Fsp3) is 0.600. The van der Waals surface area contributed by atoms with E-state index in [1.165, 1.54) is 80.7 Å². The fourth-order valence-corrected chi connectivity index (χ4v) is 30.5. The topological polar surface area (TPSA) is 298 Å². The molecule has 27 atom stereocenters. The van der Waals surface area contributed by atoms with Gasteiger partial charge < -0.3 is 49.2 Å². The normalized spacial score (nSPS) is 41.8. The van der Waals surface area contributed by atoms with Gasteiger partial charge in [-0.15, -0.1) is 12.4 Å². The van der Waals surface area contributed by atoms with E-state index < -0.39 is 163 Å². The molecule has 3 saturated heterocycles. The summed E-state index contributed by atoms with van der Waals surface area (Å²) in [6, 6.07) is 25.4. The van der Waals surface area contributed by atoms with Gasteiger partial charge >= 0.3 is 27.6 Å². The van der Waals surface area contributed by atoms with E-state index in [2.05, 4.69) is 19.3 Å². The van der Waals surface area contributed by atoms with E-state index in [9.17, 15) is 80.4 Å². The Morgan fingerprint density at radius 2 is 0.843 bits per heavy atom. The molecular formula is C95H113ClF9N3O17SSi. The highest BCUT2D eigenvalue weighted by Crippen LogP contribution is 2.79. The minimum absolute atomic E-state index is 0. The van der Waals surface area contributed by atoms with Crippen LogP contribution in [-0.4, -0.2) is 202 Å². The molecule has 3 aliphatic heterocycles. The molecule has 15 aliphatic rings. The van der Waals surface area contributed by atoms with E-state index in [1.807, 2.05) is 101 Å². The number of Topliss-reactive ketones (excluding diaryl/α,β-unsaturated/α-hetero) is 3. The van der Waals surface area contributed by atoms with E-state index in [1.54, 1.807) is 32.9 Å². The second-order valence-electron chi connectivity index (χ2n) is 40.6. The molecule has 0 amide bonds. The van der Waals surface area contributed by atoms with E-state index in [4.69, 9.17) is 9.47 Å². The predicted octanol–water partition coefficient (Wildman–Crippen LogP) is 12.9. The van der Waals surface area contributed by atoms with Crippen molar-refractivity contribution in [1.29, 1.82) is 0 Å². The first kappa shape index (κ1) is 95.2. The number of ether oxygens (including phenoxy) is 2. The number of para-hydroxylation sites is 3. The monoisotopic (exact) mass is 1830 g/mol. The standard InChI is InChI=1S/C31H35F2NO5.C29H33F2NO4.C25H31F2NO5.C10H13F3O3SSi.ClH/c1-18(35)39-16-27(38)30-17-34(20-7-5-4-6-8-20)15-19(30)11-22-23-13-25(32)24-12-21(36)9-10-28(24,2)31(23,33)26(37)14-29(22,30)3;1-26-9-8-19(34)11-22(26)23(30)12-21-20-10-17-14-32(18-6-4-3-5-7-18)16-28(17,25(36)15-33)27(20,2)13-24(35)29(21,26)31;1-13(29)33-11-21(32)24-12-28-10-14(24)6-16-17-8-19(26)18-7-15(30)4-5-22(18,2)25(17,27)20(31)9-23(16,24)3;1-18(2,3)9-7-5-4-6-8(9)16-17(14,15)10(11,12)13;/h4-10,12,19,22-23,25-26,37H,11,13-17H2,1-3H3;3-9,11,17,20-21,23-24,33,35H,10,12-16H2,1-2H3;4-5,7,14,16-17,19-20,28,31H,6,8-12H2,1-3H3;4-7H,1-3H3;1H/t19-,22-,23-,25-,26-,28-,29-,30+,31-;17-,20-,21-,23-,24-,26-,27-,28+,29-;14-,16-,17-,19-,20-,22-,23-,24+,25-;;/m000../s1. The number of fused-ring (bicyclic) bond motifs is 21. The van der Waals surface area contributed by atoms with Crippen molar-refractivity contribution in [3.8, 4) is 5.75 Å². The van der Waals surface area contributed by atoms with Gasteiger partial charge in [-0.25, -0.2) is 26.3 Å². The smallest absolute Gasteiger partial charge is 0.458 e. The molecule has 0 bridgehead atoms. The summed E-state index contributed by atoms with van der Waals surface area (Å²) in [5, 5.41) is 48.6. The third-order valence-corrected chi connectivity index (χ3v) is 37.2. The van der Waals surface area contributed by atoms with Crippen molar-refractivity contribution < 1.29 is 120 Å². The van der Waals surface area contributed by atoms with Gasteiger partial charge in [0, 0.05) is 91.9 Å². The number of rotatable bonds is 13. The highest BCUT2D eigenvalue weighted by molar-refractivity contribution is 7.88. The van der Waals surface area contributed by atoms with Gasteiger partial charge in [0.1, 0.15) is 30.9 Å². The number of ketones is 6. The Labute approximate surface area is 740 Å². The van der Waals surface area contributed by atoms with E-state index in [-0.39, 0.29) is 157 Å². The number of anilines is 2. The zero-order chi connectivity index (χ0) is 91.8. The summed E-state index contributed by atoms with van der Waals surface area (Å²) >= 11 is 0. The van der Waals surface area contributed by atoms with Gasteiger partial charge in [-0.05, 0) is 226 Å². The third-order valence-electron chi connectivity index (χ3n) is 34.2. The van der Waals surface area contributed by atoms with E-state index >= 15 is 26.3 Å². The summed E-state index contributed by atoms with van der Waals surface area (Å²) in [6.45, 7) is 20.1. The second kappa shape index (κ2) is 32.5. The molecule has 0 unspecified atom stereocenters. The van der Waals surface area contributed by atoms with Gasteiger partial charge in [0.2, 0.25) is 0 Å². The van der Waals surface area contributed by atoms with Crippen LogP contribution in [0.15, 0.2) is 156 Å². The van der Waals surface area contributed by atoms with Gasteiger partial charge in [0.15, 0.2) is 64.9 Å². The Bertz CT molecular complexity index is 5270. The fourth-order valence-electron chi connectivity index (χ4n) is 28.5. The Morgan fingerprint density at radius 1 is 0.504 bits per heavy atom. The molecule has 127 heavy (non-hydrogen) atoms. The van der Waals surface area contributed by atoms with Crippen LogP contribution in [0.25, 0.3) is 0 Å². The van der Waals surface area contributed by atoms with E-state index in [0.29, 0.717) is 63.7 Å². The van der Waals surface area contributed by atoms with Gasteiger partial charge in [0.25, 0.3) is 0 Å². The minimum atomic E-state index is -5.61. The molecule has 3 aromatic carbocycles. The van der Waals surface area contributed by atoms with Gasteiger partial charge in [-0.1, -0.05) is 113 Å². The molecule has 3 heterocycles. The molecule has 0 spiro atoms. The first-order valence-corrected chi connectivity index (χ1v) is 48.5. The number of carbonyl (C=O) groups is 8. The van der Waals surface area contributed by atoms with Crippen LogP contribution in [-0.2, 0) is 57.9 Å². The van der Waals surface area contributed by atoms with Gasteiger partial charge in [0.05, 0.1) is 42.6 Å². The predicted molar refractivity (Wildman–Crippen MR) is 458 cm³/mol. The van der Waals surface area contributed by atoms with Crippen LogP contribution >= 0.6 is 12.4 Å². The maximum absolute atomic E-state index is 17.6. The number of esters is 2. The zero-order valence-corrected chi connectivity index (χ0v) is 75.5. The average Bonchev–Trinajstić information content (AvgIpc) is 1.54. The lowest BCUT2D eigenvalue weighted by Gasteiger charge is -2.63. The Morgan fingerprint density at radius 3 is 1.20 bits per heavy atom. The molecular weight excluding hydrogens is 1720 g/mol. The number of nitrogens with zero attached hydrogens (tertiary/aromatic N) is 2. The summed E-state index contributed by atoms with van der Waals surface area (Å²) < 4.78 is 172. The Hall–Kier alpha value is -7.91. The number of aliphatic hydroxyl groups excluding tert-OH is 4.